The Bertz CT molecular complexity index is 1380. The van der Waals surface area contributed by atoms with E-state index in [9.17, 15) is 10.1 Å². The van der Waals surface area contributed by atoms with Crippen molar-refractivity contribution in [2.24, 2.45) is 0 Å². The number of nitrogens with zero attached hydrogens (tertiary/aromatic N) is 7. The van der Waals surface area contributed by atoms with Crippen molar-refractivity contribution in [1.29, 1.82) is 0 Å². The van der Waals surface area contributed by atoms with Crippen molar-refractivity contribution in [3.63, 3.8) is 0 Å². The molecule has 5 rings (SSSR count). The number of fused-ring (bicyclic) bond motifs is 2. The zero-order valence-corrected chi connectivity index (χ0v) is 15.5. The maximum atomic E-state index is 12.0. The molecule has 10 heteroatoms. The number of hydrogen-bond donors (Lipinski definition) is 0. The number of benzene rings is 2. The zero-order chi connectivity index (χ0) is 19.8. The lowest BCUT2D eigenvalue weighted by atomic mass is 10.2. The predicted octanol–water partition coefficient (Wildman–Crippen LogP) is 3.82. The molecule has 0 radical (unpaired) electrons. The molecule has 0 spiro atoms. The average Bonchev–Trinajstić information content (AvgIpc) is 3.18. The van der Waals surface area contributed by atoms with Crippen LogP contribution < -0.4 is 0 Å². The van der Waals surface area contributed by atoms with Crippen molar-refractivity contribution in [3.8, 4) is 5.82 Å². The molecule has 0 N–H and O–H groups in total. The monoisotopic (exact) mass is 401 g/mol. The van der Waals surface area contributed by atoms with Gasteiger partial charge in [-0.3, -0.25) is 15.1 Å². The van der Waals surface area contributed by atoms with Gasteiger partial charge in [0.25, 0.3) is 0 Å². The number of para-hydroxylation sites is 2. The van der Waals surface area contributed by atoms with E-state index < -0.39 is 4.92 Å². The molecule has 5 aromatic rings. The molecule has 0 saturated heterocycles. The van der Waals surface area contributed by atoms with Crippen LogP contribution in [0, 0.1) is 10.1 Å². The van der Waals surface area contributed by atoms with Gasteiger partial charge in [-0.15, -0.1) is 5.10 Å². The van der Waals surface area contributed by atoms with Crippen molar-refractivity contribution in [1.82, 2.24) is 29.9 Å². The lowest BCUT2D eigenvalue weighted by Gasteiger charge is -2.08. The van der Waals surface area contributed by atoms with Crippen LogP contribution in [0.2, 0.25) is 0 Å². The molecule has 140 valence electrons. The lowest BCUT2D eigenvalue weighted by molar-refractivity contribution is -0.388. The molecule has 0 aliphatic heterocycles. The van der Waals surface area contributed by atoms with Gasteiger partial charge in [-0.05, 0) is 24.3 Å². The van der Waals surface area contributed by atoms with Crippen molar-refractivity contribution in [2.45, 2.75) is 9.92 Å². The van der Waals surface area contributed by atoms with E-state index in [2.05, 4.69) is 25.3 Å². The highest BCUT2D eigenvalue weighted by Crippen LogP contribution is 2.38. The van der Waals surface area contributed by atoms with Crippen molar-refractivity contribution in [3.05, 3.63) is 77.2 Å². The smallest absolute Gasteiger partial charge is 0.258 e. The third kappa shape index (κ3) is 2.95. The summed E-state index contributed by atoms with van der Waals surface area (Å²) in [6, 6.07) is 16.7. The van der Waals surface area contributed by atoms with Gasteiger partial charge in [0.15, 0.2) is 5.03 Å². The zero-order valence-electron chi connectivity index (χ0n) is 14.7. The fourth-order valence-corrected chi connectivity index (χ4v) is 4.02. The second-order valence-electron chi connectivity index (χ2n) is 6.03. The van der Waals surface area contributed by atoms with Gasteiger partial charge >= 0.3 is 5.69 Å². The summed E-state index contributed by atoms with van der Waals surface area (Å²) >= 11 is 1.17. The van der Waals surface area contributed by atoms with Gasteiger partial charge in [0.1, 0.15) is 11.8 Å². The molecule has 0 bridgehead atoms. The number of pyridine rings is 1. The van der Waals surface area contributed by atoms with Gasteiger partial charge < -0.3 is 0 Å². The first-order valence-electron chi connectivity index (χ1n) is 8.54. The van der Waals surface area contributed by atoms with E-state index in [4.69, 9.17) is 0 Å². The van der Waals surface area contributed by atoms with E-state index in [0.29, 0.717) is 11.0 Å². The maximum Gasteiger partial charge on any atom is 0.346 e. The molecule has 2 aromatic carbocycles. The molecule has 3 heterocycles. The van der Waals surface area contributed by atoms with Gasteiger partial charge in [0.2, 0.25) is 5.82 Å². The fraction of sp³-hybridized carbons (Fsp3) is 0. The lowest BCUT2D eigenvalue weighted by Crippen LogP contribution is -2.07. The summed E-state index contributed by atoms with van der Waals surface area (Å²) < 4.78 is 1.36. The molecule has 0 fully saturated rings. The first-order valence-corrected chi connectivity index (χ1v) is 9.36. The maximum absolute atomic E-state index is 12.0. The van der Waals surface area contributed by atoms with Gasteiger partial charge in [-0.1, -0.05) is 47.3 Å². The first-order chi connectivity index (χ1) is 14.2. The van der Waals surface area contributed by atoms with Gasteiger partial charge in [-0.25, -0.2) is 9.97 Å². The Morgan fingerprint density at radius 2 is 1.83 bits per heavy atom. The Morgan fingerprint density at radius 3 is 2.72 bits per heavy atom. The minimum absolute atomic E-state index is 0.0643. The van der Waals surface area contributed by atoms with E-state index in [1.165, 1.54) is 22.8 Å². The summed E-state index contributed by atoms with van der Waals surface area (Å²) in [4.78, 5) is 24.9. The average molecular weight is 401 g/mol. The second-order valence-corrected chi connectivity index (χ2v) is 7.06. The van der Waals surface area contributed by atoms with Crippen LogP contribution in [0.1, 0.15) is 0 Å². The fourth-order valence-electron chi connectivity index (χ4n) is 3.03. The van der Waals surface area contributed by atoms with Crippen LogP contribution in [-0.4, -0.2) is 34.9 Å². The molecule has 0 amide bonds. The summed E-state index contributed by atoms with van der Waals surface area (Å²) in [5.41, 5.74) is 1.76. The minimum atomic E-state index is -0.493. The van der Waals surface area contributed by atoms with Gasteiger partial charge in [0, 0.05) is 16.5 Å². The van der Waals surface area contributed by atoms with E-state index in [1.807, 2.05) is 42.5 Å². The number of hydrogen-bond acceptors (Lipinski definition) is 8. The molecular weight excluding hydrogens is 390 g/mol. The van der Waals surface area contributed by atoms with Crippen molar-refractivity contribution < 1.29 is 4.92 Å². The number of rotatable bonds is 4. The van der Waals surface area contributed by atoms with Crippen LogP contribution in [0.3, 0.4) is 0 Å². The molecular formula is C19H11N7O2S. The Labute approximate surface area is 167 Å². The topological polar surface area (TPSA) is 113 Å². The Balaban J connectivity index is 1.68. The highest BCUT2D eigenvalue weighted by Gasteiger charge is 2.27. The highest BCUT2D eigenvalue weighted by atomic mass is 32.2. The van der Waals surface area contributed by atoms with Crippen LogP contribution >= 0.6 is 11.8 Å². The van der Waals surface area contributed by atoms with E-state index in [0.717, 1.165) is 15.8 Å². The SMILES string of the molecule is O=[N+]([O-])c1c(Sc2cccc3cccnc23)ncnc1-n1nnc2ccccc21. The van der Waals surface area contributed by atoms with Crippen molar-refractivity contribution in [2.75, 3.05) is 0 Å². The van der Waals surface area contributed by atoms with E-state index in [-0.39, 0.29) is 16.5 Å². The van der Waals surface area contributed by atoms with E-state index in [1.54, 1.807) is 18.3 Å². The third-order valence-corrected chi connectivity index (χ3v) is 5.35. The van der Waals surface area contributed by atoms with Gasteiger partial charge in [-0.2, -0.15) is 4.68 Å². The highest BCUT2D eigenvalue weighted by molar-refractivity contribution is 7.99. The molecule has 29 heavy (non-hydrogen) atoms. The third-order valence-electron chi connectivity index (χ3n) is 4.31. The van der Waals surface area contributed by atoms with Crippen LogP contribution in [0.5, 0.6) is 0 Å². The summed E-state index contributed by atoms with van der Waals surface area (Å²) in [5.74, 6) is 0.0643. The Kier molecular flexibility index (Phi) is 4.10. The Morgan fingerprint density at radius 1 is 0.966 bits per heavy atom. The predicted molar refractivity (Wildman–Crippen MR) is 107 cm³/mol. The Hall–Kier alpha value is -3.92. The van der Waals surface area contributed by atoms with Crippen LogP contribution in [0.25, 0.3) is 27.8 Å². The van der Waals surface area contributed by atoms with Crippen LogP contribution in [-0.2, 0) is 0 Å². The summed E-state index contributed by atoms with van der Waals surface area (Å²) in [6.45, 7) is 0. The first kappa shape index (κ1) is 17.2. The molecule has 0 aliphatic carbocycles. The molecule has 0 aliphatic rings. The normalized spacial score (nSPS) is 11.2. The largest absolute Gasteiger partial charge is 0.346 e. The number of nitro groups is 1. The molecule has 0 saturated carbocycles. The summed E-state index contributed by atoms with van der Waals surface area (Å²) in [6.07, 6.45) is 2.98. The second kappa shape index (κ2) is 6.91. The standard InChI is InChI=1S/C19H11N7O2S/c27-26(28)17-18(25-14-8-2-1-7-13(14)23-24-25)21-11-22-19(17)29-15-9-3-5-12-6-4-10-20-16(12)15/h1-11H. The minimum Gasteiger partial charge on any atom is -0.258 e. The molecule has 9 nitrogen and oxygen atoms in total. The quantitative estimate of drug-likeness (QED) is 0.254. The van der Waals surface area contributed by atoms with Gasteiger partial charge in [0.05, 0.1) is 16.0 Å². The summed E-state index contributed by atoms with van der Waals surface area (Å²) in [5, 5.41) is 21.2. The van der Waals surface area contributed by atoms with Crippen LogP contribution in [0.4, 0.5) is 5.69 Å². The molecule has 0 atom stereocenters. The number of aromatic nitrogens is 6. The molecule has 3 aromatic heterocycles. The summed E-state index contributed by atoms with van der Waals surface area (Å²) in [7, 11) is 0. The molecule has 0 unspecified atom stereocenters. The van der Waals surface area contributed by atoms with Crippen LogP contribution in [0.15, 0.2) is 77.0 Å². The van der Waals surface area contributed by atoms with E-state index >= 15 is 0 Å². The van der Waals surface area contributed by atoms with Crippen molar-refractivity contribution >= 4 is 39.4 Å².